The summed E-state index contributed by atoms with van der Waals surface area (Å²) in [5.74, 6) is 0.913. The molecule has 0 aliphatic carbocycles. The van der Waals surface area contributed by atoms with Gasteiger partial charge in [0.05, 0.1) is 0 Å². The van der Waals surface area contributed by atoms with Gasteiger partial charge in [-0.1, -0.05) is 37.3 Å². The number of hydrogen-bond acceptors (Lipinski definition) is 5. The van der Waals surface area contributed by atoms with Crippen LogP contribution >= 0.6 is 12.4 Å². The molecule has 1 fully saturated rings. The average molecular weight is 351 g/mol. The van der Waals surface area contributed by atoms with Gasteiger partial charge in [0.25, 0.3) is 0 Å². The smallest absolute Gasteiger partial charge is 0.246 e. The molecule has 7 nitrogen and oxygen atoms in total. The van der Waals surface area contributed by atoms with Crippen LogP contribution in [0.25, 0.3) is 11.4 Å². The molecule has 1 aliphatic rings. The van der Waals surface area contributed by atoms with E-state index in [9.17, 15) is 4.79 Å². The Morgan fingerprint density at radius 1 is 1.38 bits per heavy atom. The van der Waals surface area contributed by atoms with E-state index in [4.69, 9.17) is 0 Å². The molecule has 1 aliphatic heterocycles. The summed E-state index contributed by atoms with van der Waals surface area (Å²) in [7, 11) is 0. The van der Waals surface area contributed by atoms with Gasteiger partial charge in [-0.25, -0.2) is 0 Å². The molecule has 24 heavy (non-hydrogen) atoms. The van der Waals surface area contributed by atoms with Gasteiger partial charge in [0.15, 0.2) is 0 Å². The Balaban J connectivity index is 0.00000208. The molecular formula is C16H23ClN6O. The summed E-state index contributed by atoms with van der Waals surface area (Å²) in [5.41, 5.74) is 0.886. The fraction of sp³-hybridized carbons (Fsp3) is 0.500. The first kappa shape index (κ1) is 18.4. The second-order valence-electron chi connectivity index (χ2n) is 6.06. The lowest BCUT2D eigenvalue weighted by atomic mass is 9.94. The Kier molecular flexibility index (Phi) is 6.28. The molecule has 0 saturated carbocycles. The largest absolute Gasteiger partial charge is 0.350 e. The third-order valence-electron chi connectivity index (χ3n) is 4.34. The molecule has 2 heterocycles. The van der Waals surface area contributed by atoms with E-state index in [1.54, 1.807) is 6.92 Å². The SMILES string of the molecule is CC1CCNCC1NC(=O)C(C)n1nnc(-c2ccccc2)n1.Cl. The minimum atomic E-state index is -0.492. The normalized spacial score (nSPS) is 21.6. The number of nitrogens with one attached hydrogen (secondary N) is 2. The highest BCUT2D eigenvalue weighted by molar-refractivity contribution is 5.85. The maximum atomic E-state index is 12.4. The molecule has 2 N–H and O–H groups in total. The number of aromatic nitrogens is 4. The van der Waals surface area contributed by atoms with Gasteiger partial charge in [-0.3, -0.25) is 4.79 Å². The number of amides is 1. The third kappa shape index (κ3) is 4.10. The van der Waals surface area contributed by atoms with Crippen molar-refractivity contribution in [3.05, 3.63) is 30.3 Å². The van der Waals surface area contributed by atoms with Crippen LogP contribution in [0.4, 0.5) is 0 Å². The zero-order valence-electron chi connectivity index (χ0n) is 13.8. The Labute approximate surface area is 147 Å². The fourth-order valence-electron chi connectivity index (χ4n) is 2.68. The Hall–Kier alpha value is -1.99. The number of piperidine rings is 1. The molecule has 130 valence electrons. The molecule has 1 amide bonds. The van der Waals surface area contributed by atoms with E-state index in [1.807, 2.05) is 30.3 Å². The average Bonchev–Trinajstić information content (AvgIpc) is 3.07. The van der Waals surface area contributed by atoms with Crippen molar-refractivity contribution in [3.8, 4) is 11.4 Å². The van der Waals surface area contributed by atoms with Crippen LogP contribution in [-0.4, -0.2) is 45.2 Å². The first-order valence-corrected chi connectivity index (χ1v) is 8.01. The van der Waals surface area contributed by atoms with Crippen LogP contribution in [-0.2, 0) is 4.79 Å². The van der Waals surface area contributed by atoms with Gasteiger partial charge in [0.1, 0.15) is 6.04 Å². The molecular weight excluding hydrogens is 328 g/mol. The molecule has 3 atom stereocenters. The van der Waals surface area contributed by atoms with Crippen molar-refractivity contribution in [1.82, 2.24) is 30.8 Å². The minimum Gasteiger partial charge on any atom is -0.350 e. The number of carbonyl (C=O) groups is 1. The van der Waals surface area contributed by atoms with E-state index in [1.165, 1.54) is 4.80 Å². The molecule has 1 aromatic heterocycles. The van der Waals surface area contributed by atoms with Crippen molar-refractivity contribution in [1.29, 1.82) is 0 Å². The molecule has 0 spiro atoms. The quantitative estimate of drug-likeness (QED) is 0.871. The summed E-state index contributed by atoms with van der Waals surface area (Å²) in [5, 5.41) is 18.8. The summed E-state index contributed by atoms with van der Waals surface area (Å²) in [4.78, 5) is 13.8. The maximum Gasteiger partial charge on any atom is 0.246 e. The number of carbonyl (C=O) groups excluding carboxylic acids is 1. The number of rotatable bonds is 4. The number of benzene rings is 1. The lowest BCUT2D eigenvalue weighted by Gasteiger charge is -2.30. The molecule has 0 bridgehead atoms. The second-order valence-corrected chi connectivity index (χ2v) is 6.06. The summed E-state index contributed by atoms with van der Waals surface area (Å²) < 4.78 is 0. The van der Waals surface area contributed by atoms with Crippen LogP contribution < -0.4 is 10.6 Å². The summed E-state index contributed by atoms with van der Waals surface area (Å²) in [6, 6.07) is 9.27. The number of nitrogens with zero attached hydrogens (tertiary/aromatic N) is 4. The standard InChI is InChI=1S/C16H22N6O.ClH/c1-11-8-9-17-10-14(11)18-16(23)12(2)22-20-15(19-21-22)13-6-4-3-5-7-13;/h3-7,11-12,14,17H,8-10H2,1-2H3,(H,18,23);1H. The zero-order chi connectivity index (χ0) is 16.2. The third-order valence-corrected chi connectivity index (χ3v) is 4.34. The Morgan fingerprint density at radius 2 is 2.12 bits per heavy atom. The van der Waals surface area contributed by atoms with Gasteiger partial charge in [-0.05, 0) is 31.0 Å². The van der Waals surface area contributed by atoms with Crippen molar-refractivity contribution in [3.63, 3.8) is 0 Å². The van der Waals surface area contributed by atoms with Crippen molar-refractivity contribution < 1.29 is 4.79 Å². The Bertz CT molecular complexity index is 662. The molecule has 2 aromatic rings. The van der Waals surface area contributed by atoms with E-state index in [2.05, 4.69) is 33.0 Å². The predicted octanol–water partition coefficient (Wildman–Crippen LogP) is 1.44. The van der Waals surface area contributed by atoms with Gasteiger partial charge >= 0.3 is 0 Å². The van der Waals surface area contributed by atoms with Crippen LogP contribution in [0.1, 0.15) is 26.3 Å². The molecule has 0 radical (unpaired) electrons. The number of halogens is 1. The monoisotopic (exact) mass is 350 g/mol. The lowest BCUT2D eigenvalue weighted by Crippen LogP contribution is -2.51. The topological polar surface area (TPSA) is 84.7 Å². The van der Waals surface area contributed by atoms with Gasteiger partial charge in [0, 0.05) is 18.2 Å². The molecule has 8 heteroatoms. The van der Waals surface area contributed by atoms with E-state index in [0.717, 1.165) is 25.1 Å². The second kappa shape index (κ2) is 8.21. The van der Waals surface area contributed by atoms with E-state index >= 15 is 0 Å². The zero-order valence-corrected chi connectivity index (χ0v) is 14.7. The van der Waals surface area contributed by atoms with E-state index < -0.39 is 6.04 Å². The van der Waals surface area contributed by atoms with Crippen LogP contribution in [0.15, 0.2) is 30.3 Å². The first-order chi connectivity index (χ1) is 11.1. The van der Waals surface area contributed by atoms with Crippen LogP contribution in [0.2, 0.25) is 0 Å². The highest BCUT2D eigenvalue weighted by atomic mass is 35.5. The lowest BCUT2D eigenvalue weighted by molar-refractivity contribution is -0.125. The van der Waals surface area contributed by atoms with Crippen LogP contribution in [0.3, 0.4) is 0 Å². The highest BCUT2D eigenvalue weighted by Crippen LogP contribution is 2.15. The van der Waals surface area contributed by atoms with Crippen molar-refractivity contribution >= 4 is 18.3 Å². The predicted molar refractivity (Wildman–Crippen MR) is 93.8 cm³/mol. The van der Waals surface area contributed by atoms with Crippen molar-refractivity contribution in [2.24, 2.45) is 5.92 Å². The highest BCUT2D eigenvalue weighted by Gasteiger charge is 2.26. The van der Waals surface area contributed by atoms with Crippen LogP contribution in [0.5, 0.6) is 0 Å². The van der Waals surface area contributed by atoms with Crippen molar-refractivity contribution in [2.75, 3.05) is 13.1 Å². The number of hydrogen-bond donors (Lipinski definition) is 2. The summed E-state index contributed by atoms with van der Waals surface area (Å²) in [6.07, 6.45) is 1.07. The molecule has 1 aromatic carbocycles. The molecule has 1 saturated heterocycles. The maximum absolute atomic E-state index is 12.4. The van der Waals surface area contributed by atoms with E-state index in [0.29, 0.717) is 11.7 Å². The number of tetrazole rings is 1. The van der Waals surface area contributed by atoms with Crippen LogP contribution in [0, 0.1) is 5.92 Å². The fourth-order valence-corrected chi connectivity index (χ4v) is 2.68. The van der Waals surface area contributed by atoms with Gasteiger partial charge in [-0.2, -0.15) is 4.80 Å². The molecule has 3 unspecified atom stereocenters. The first-order valence-electron chi connectivity index (χ1n) is 8.01. The van der Waals surface area contributed by atoms with Gasteiger partial charge in [-0.15, -0.1) is 22.6 Å². The summed E-state index contributed by atoms with van der Waals surface area (Å²) in [6.45, 7) is 5.76. The minimum absolute atomic E-state index is 0. The molecule has 3 rings (SSSR count). The van der Waals surface area contributed by atoms with Crippen molar-refractivity contribution in [2.45, 2.75) is 32.4 Å². The van der Waals surface area contributed by atoms with E-state index in [-0.39, 0.29) is 24.4 Å². The van der Waals surface area contributed by atoms with Gasteiger partial charge < -0.3 is 10.6 Å². The summed E-state index contributed by atoms with van der Waals surface area (Å²) >= 11 is 0. The van der Waals surface area contributed by atoms with Gasteiger partial charge in [0.2, 0.25) is 11.7 Å². The Morgan fingerprint density at radius 3 is 2.83 bits per heavy atom.